The van der Waals surface area contributed by atoms with Crippen LogP contribution >= 0.6 is 23.4 Å². The zero-order chi connectivity index (χ0) is 18.0. The monoisotopic (exact) mass is 370 g/mol. The number of nitrogens with zero attached hydrogens (tertiary/aromatic N) is 1. The Balaban J connectivity index is 1.79. The number of nitrogens with one attached hydrogen (secondary N) is 1. The number of hydrogen-bond donors (Lipinski definition) is 1. The molecule has 0 aliphatic carbocycles. The second kappa shape index (κ2) is 7.46. The molecule has 128 valence electrons. The highest BCUT2D eigenvalue weighted by atomic mass is 35.5. The van der Waals surface area contributed by atoms with Gasteiger partial charge >= 0.3 is 0 Å². The molecule has 1 aliphatic heterocycles. The average Bonchev–Trinajstić information content (AvgIpc) is 2.91. The number of amidine groups is 1. The number of hydrogen-bond acceptors (Lipinski definition) is 3. The van der Waals surface area contributed by atoms with Crippen LogP contribution in [0.4, 0.5) is 5.69 Å². The number of halogens is 1. The van der Waals surface area contributed by atoms with Crippen LogP contribution in [-0.4, -0.2) is 11.1 Å². The fourth-order valence-corrected chi connectivity index (χ4v) is 3.39. The average molecular weight is 371 g/mol. The van der Waals surface area contributed by atoms with Crippen molar-refractivity contribution in [1.29, 1.82) is 0 Å². The van der Waals surface area contributed by atoms with Crippen LogP contribution in [0, 0.1) is 6.92 Å². The van der Waals surface area contributed by atoms with Crippen molar-refractivity contribution in [1.82, 2.24) is 5.32 Å². The summed E-state index contributed by atoms with van der Waals surface area (Å²) in [5, 5.41) is 4.03. The summed E-state index contributed by atoms with van der Waals surface area (Å²) < 4.78 is 0. The Labute approximate surface area is 157 Å². The van der Waals surface area contributed by atoms with E-state index in [1.807, 2.05) is 37.3 Å². The number of aryl methyl sites for hydroxylation is 1. The van der Waals surface area contributed by atoms with E-state index in [4.69, 9.17) is 11.6 Å². The summed E-state index contributed by atoms with van der Waals surface area (Å²) in [5.41, 5.74) is 4.01. The zero-order valence-electron chi connectivity index (χ0n) is 14.3. The van der Waals surface area contributed by atoms with E-state index < -0.39 is 0 Å². The second-order valence-corrected chi connectivity index (χ2v) is 7.67. The van der Waals surface area contributed by atoms with Gasteiger partial charge in [-0.25, -0.2) is 4.99 Å². The molecule has 0 radical (unpaired) electrons. The molecule has 1 amide bonds. The van der Waals surface area contributed by atoms with Crippen molar-refractivity contribution < 1.29 is 4.79 Å². The molecule has 0 bridgehead atoms. The maximum absolute atomic E-state index is 12.2. The Hall–Kier alpha value is -2.04. The first-order chi connectivity index (χ1) is 11.9. The largest absolute Gasteiger partial charge is 0.300 e. The topological polar surface area (TPSA) is 41.5 Å². The minimum atomic E-state index is -0.130. The normalized spacial score (nSPS) is 17.6. The lowest BCUT2D eigenvalue weighted by Crippen LogP contribution is -2.19. The van der Waals surface area contributed by atoms with Gasteiger partial charge in [0.2, 0.25) is 0 Å². The lowest BCUT2D eigenvalue weighted by Gasteiger charge is -2.04. The molecule has 3 rings (SSSR count). The van der Waals surface area contributed by atoms with E-state index in [1.54, 1.807) is 6.07 Å². The summed E-state index contributed by atoms with van der Waals surface area (Å²) in [7, 11) is 0. The molecule has 2 aromatic rings. The molecule has 0 aromatic heterocycles. The molecular weight excluding hydrogens is 352 g/mol. The molecule has 1 heterocycles. The van der Waals surface area contributed by atoms with Crippen molar-refractivity contribution in [2.24, 2.45) is 4.99 Å². The van der Waals surface area contributed by atoms with Crippen LogP contribution in [0.15, 0.2) is 52.4 Å². The van der Waals surface area contributed by atoms with Crippen LogP contribution < -0.4 is 5.32 Å². The predicted octanol–water partition coefficient (Wildman–Crippen LogP) is 5.66. The molecule has 5 heteroatoms. The molecule has 2 aromatic carbocycles. The number of benzene rings is 2. The van der Waals surface area contributed by atoms with Crippen LogP contribution in [0.5, 0.6) is 0 Å². The van der Waals surface area contributed by atoms with E-state index in [0.717, 1.165) is 16.8 Å². The van der Waals surface area contributed by atoms with Gasteiger partial charge in [0.15, 0.2) is 5.17 Å². The van der Waals surface area contributed by atoms with E-state index in [2.05, 4.69) is 36.3 Å². The van der Waals surface area contributed by atoms with Gasteiger partial charge < -0.3 is 5.32 Å². The summed E-state index contributed by atoms with van der Waals surface area (Å²) in [5.74, 6) is 0.362. The zero-order valence-corrected chi connectivity index (χ0v) is 15.9. The van der Waals surface area contributed by atoms with Gasteiger partial charge in [-0.3, -0.25) is 4.79 Å². The molecule has 1 fully saturated rings. The van der Waals surface area contributed by atoms with Crippen molar-refractivity contribution in [3.05, 3.63) is 69.1 Å². The standard InChI is InChI=1S/C20H19ClN2OS/c1-12(2)15-7-5-14(6-8-15)10-18-19(24)23-20(25-18)22-16-9-4-13(3)17(21)11-16/h4-12H,1-3H3,(H,22,23,24). The van der Waals surface area contributed by atoms with Gasteiger partial charge in [0.05, 0.1) is 10.6 Å². The summed E-state index contributed by atoms with van der Waals surface area (Å²) in [6.07, 6.45) is 1.88. The third-order valence-corrected chi connectivity index (χ3v) is 5.25. The van der Waals surface area contributed by atoms with E-state index in [0.29, 0.717) is 21.0 Å². The fraction of sp³-hybridized carbons (Fsp3) is 0.200. The Morgan fingerprint density at radius 3 is 2.52 bits per heavy atom. The van der Waals surface area contributed by atoms with Crippen LogP contribution in [0.2, 0.25) is 5.02 Å². The van der Waals surface area contributed by atoms with E-state index in [9.17, 15) is 4.79 Å². The fourth-order valence-electron chi connectivity index (χ4n) is 2.38. The van der Waals surface area contributed by atoms with Gasteiger partial charge in [0.25, 0.3) is 5.91 Å². The third kappa shape index (κ3) is 4.33. The van der Waals surface area contributed by atoms with Crippen LogP contribution in [0.25, 0.3) is 6.08 Å². The van der Waals surface area contributed by atoms with E-state index in [-0.39, 0.29) is 5.91 Å². The van der Waals surface area contributed by atoms with Crippen LogP contribution in [0.3, 0.4) is 0 Å². The number of thioether (sulfide) groups is 1. The van der Waals surface area contributed by atoms with Gasteiger partial charge in [0.1, 0.15) is 0 Å². The lowest BCUT2D eigenvalue weighted by molar-refractivity contribution is -0.115. The van der Waals surface area contributed by atoms with Crippen molar-refractivity contribution in [2.45, 2.75) is 26.7 Å². The number of aliphatic imine (C=N–C) groups is 1. The molecule has 1 aliphatic rings. The predicted molar refractivity (Wildman–Crippen MR) is 108 cm³/mol. The Morgan fingerprint density at radius 1 is 1.16 bits per heavy atom. The van der Waals surface area contributed by atoms with Gasteiger partial charge in [-0.2, -0.15) is 0 Å². The second-order valence-electron chi connectivity index (χ2n) is 6.24. The van der Waals surface area contributed by atoms with Gasteiger partial charge in [-0.05, 0) is 59.5 Å². The van der Waals surface area contributed by atoms with Gasteiger partial charge in [-0.1, -0.05) is 55.8 Å². The molecule has 1 N–H and O–H groups in total. The van der Waals surface area contributed by atoms with Gasteiger partial charge in [-0.15, -0.1) is 0 Å². The first-order valence-corrected chi connectivity index (χ1v) is 9.27. The SMILES string of the molecule is Cc1ccc(N=C2NC(=O)C(=Cc3ccc(C(C)C)cc3)S2)cc1Cl. The molecule has 0 spiro atoms. The molecule has 25 heavy (non-hydrogen) atoms. The molecule has 0 saturated carbocycles. The van der Waals surface area contributed by atoms with Crippen molar-refractivity contribution in [3.8, 4) is 0 Å². The molecule has 0 atom stereocenters. The molecule has 1 saturated heterocycles. The quantitative estimate of drug-likeness (QED) is 0.708. The van der Waals surface area contributed by atoms with E-state index in [1.165, 1.54) is 17.3 Å². The summed E-state index contributed by atoms with van der Waals surface area (Å²) >= 11 is 7.46. The molecular formula is C20H19ClN2OS. The maximum Gasteiger partial charge on any atom is 0.264 e. The van der Waals surface area contributed by atoms with Gasteiger partial charge in [0, 0.05) is 5.02 Å². The minimum absolute atomic E-state index is 0.130. The Kier molecular flexibility index (Phi) is 5.30. The molecule has 0 unspecified atom stereocenters. The highest BCUT2D eigenvalue weighted by Crippen LogP contribution is 2.29. The summed E-state index contributed by atoms with van der Waals surface area (Å²) in [6.45, 7) is 6.26. The first kappa shape index (κ1) is 17.8. The maximum atomic E-state index is 12.2. The Bertz CT molecular complexity index is 870. The first-order valence-electron chi connectivity index (χ1n) is 8.08. The number of amides is 1. The lowest BCUT2D eigenvalue weighted by atomic mass is 10.0. The van der Waals surface area contributed by atoms with Crippen molar-refractivity contribution in [2.75, 3.05) is 0 Å². The van der Waals surface area contributed by atoms with Crippen molar-refractivity contribution in [3.63, 3.8) is 0 Å². The highest BCUT2D eigenvalue weighted by molar-refractivity contribution is 8.18. The summed E-state index contributed by atoms with van der Waals surface area (Å²) in [6, 6.07) is 13.8. The summed E-state index contributed by atoms with van der Waals surface area (Å²) in [4.78, 5) is 17.3. The molecule has 3 nitrogen and oxygen atoms in total. The third-order valence-electron chi connectivity index (χ3n) is 3.94. The number of rotatable bonds is 3. The smallest absolute Gasteiger partial charge is 0.264 e. The minimum Gasteiger partial charge on any atom is -0.300 e. The number of carbonyl (C=O) groups is 1. The van der Waals surface area contributed by atoms with E-state index >= 15 is 0 Å². The number of carbonyl (C=O) groups excluding carboxylic acids is 1. The van der Waals surface area contributed by atoms with Crippen LogP contribution in [-0.2, 0) is 4.79 Å². The highest BCUT2D eigenvalue weighted by Gasteiger charge is 2.23. The Morgan fingerprint density at radius 2 is 1.88 bits per heavy atom. The van der Waals surface area contributed by atoms with Crippen LogP contribution in [0.1, 0.15) is 36.5 Å². The van der Waals surface area contributed by atoms with Crippen molar-refractivity contribution >= 4 is 46.2 Å².